The van der Waals surface area contributed by atoms with E-state index in [0.717, 1.165) is 54.8 Å². The lowest BCUT2D eigenvalue weighted by molar-refractivity contribution is -0.126. The zero-order valence-electron chi connectivity index (χ0n) is 20.9. The Labute approximate surface area is 191 Å². The van der Waals surface area contributed by atoms with Crippen molar-refractivity contribution in [3.05, 3.63) is 11.6 Å². The third-order valence-corrected chi connectivity index (χ3v) is 10.8. The van der Waals surface area contributed by atoms with Gasteiger partial charge >= 0.3 is 0 Å². The summed E-state index contributed by atoms with van der Waals surface area (Å²) in [6, 6.07) is 0. The molecule has 4 rings (SSSR count). The van der Waals surface area contributed by atoms with Crippen molar-refractivity contribution in [2.45, 2.75) is 105 Å². The van der Waals surface area contributed by atoms with Gasteiger partial charge in [-0.1, -0.05) is 65.5 Å². The summed E-state index contributed by atoms with van der Waals surface area (Å²) in [5.41, 5.74) is 4.85. The molecule has 0 aromatic heterocycles. The number of amides is 1. The molecular formula is C28H48N2O. The van der Waals surface area contributed by atoms with Gasteiger partial charge in [0, 0.05) is 5.92 Å². The van der Waals surface area contributed by atoms with Gasteiger partial charge in [0.15, 0.2) is 0 Å². The molecule has 0 heterocycles. The van der Waals surface area contributed by atoms with E-state index in [0.29, 0.717) is 10.8 Å². The van der Waals surface area contributed by atoms with Crippen LogP contribution in [0.2, 0.25) is 0 Å². The van der Waals surface area contributed by atoms with E-state index >= 15 is 0 Å². The Morgan fingerprint density at radius 2 is 1.87 bits per heavy atom. The second kappa shape index (κ2) is 8.84. The monoisotopic (exact) mass is 428 g/mol. The molecule has 0 spiro atoms. The molecule has 0 saturated heterocycles. The summed E-state index contributed by atoms with van der Waals surface area (Å²) in [6.45, 7) is 12.5. The predicted molar refractivity (Wildman–Crippen MR) is 129 cm³/mol. The Balaban J connectivity index is 1.48. The van der Waals surface area contributed by atoms with E-state index in [2.05, 4.69) is 46.1 Å². The maximum absolute atomic E-state index is 12.2. The number of fused-ring (bicyclic) bond motifs is 5. The quantitative estimate of drug-likeness (QED) is 0.216. The third kappa shape index (κ3) is 4.02. The SMILES string of the molecule is CC(C)CCC[C@H](C)[C@H]1CC[C@H]2[C@@H]3CC=C4C[C@H](C(=O)NN)CC[C@]4(C)[C@H]3CC[C@]12C. The number of carbonyl (C=O) groups excluding carboxylic acids is 1. The summed E-state index contributed by atoms with van der Waals surface area (Å²) in [4.78, 5) is 12.2. The highest BCUT2D eigenvalue weighted by molar-refractivity contribution is 5.78. The van der Waals surface area contributed by atoms with Crippen molar-refractivity contribution in [2.24, 2.45) is 58.1 Å². The largest absolute Gasteiger partial charge is 0.294 e. The highest BCUT2D eigenvalue weighted by Gasteiger charge is 2.59. The lowest BCUT2D eigenvalue weighted by Gasteiger charge is -2.58. The van der Waals surface area contributed by atoms with Crippen LogP contribution >= 0.6 is 0 Å². The maximum Gasteiger partial charge on any atom is 0.237 e. The molecule has 0 aromatic rings. The smallest absolute Gasteiger partial charge is 0.237 e. The molecule has 3 heteroatoms. The van der Waals surface area contributed by atoms with Crippen molar-refractivity contribution in [1.82, 2.24) is 5.43 Å². The number of nitrogens with two attached hydrogens (primary N) is 1. The van der Waals surface area contributed by atoms with Crippen LogP contribution in [0.15, 0.2) is 11.6 Å². The molecule has 0 unspecified atom stereocenters. The van der Waals surface area contributed by atoms with E-state index in [9.17, 15) is 4.79 Å². The molecule has 0 aromatic carbocycles. The number of carbonyl (C=O) groups is 1. The van der Waals surface area contributed by atoms with Crippen LogP contribution in [0, 0.1) is 52.3 Å². The minimum Gasteiger partial charge on any atom is -0.294 e. The Kier molecular flexibility index (Phi) is 6.65. The summed E-state index contributed by atoms with van der Waals surface area (Å²) < 4.78 is 0. The number of hydrazine groups is 1. The average Bonchev–Trinajstić information content (AvgIpc) is 3.09. The lowest BCUT2D eigenvalue weighted by atomic mass is 9.46. The second-order valence-corrected chi connectivity index (χ2v) is 12.7. The first kappa shape index (κ1) is 23.3. The van der Waals surface area contributed by atoms with E-state index in [1.54, 1.807) is 5.57 Å². The van der Waals surface area contributed by atoms with Gasteiger partial charge in [0.1, 0.15) is 0 Å². The van der Waals surface area contributed by atoms with Gasteiger partial charge in [-0.2, -0.15) is 0 Å². The van der Waals surface area contributed by atoms with E-state index in [1.165, 1.54) is 51.4 Å². The van der Waals surface area contributed by atoms with E-state index in [1.807, 2.05) is 0 Å². The van der Waals surface area contributed by atoms with Crippen LogP contribution in [0.25, 0.3) is 0 Å². The molecule has 0 aliphatic heterocycles. The van der Waals surface area contributed by atoms with Crippen LogP contribution in [0.5, 0.6) is 0 Å². The first-order valence-corrected chi connectivity index (χ1v) is 13.4. The van der Waals surface area contributed by atoms with Gasteiger partial charge < -0.3 is 0 Å². The fourth-order valence-corrected chi connectivity index (χ4v) is 9.03. The molecular weight excluding hydrogens is 380 g/mol. The van der Waals surface area contributed by atoms with Crippen LogP contribution in [0.3, 0.4) is 0 Å². The summed E-state index contributed by atoms with van der Waals surface area (Å²) in [7, 11) is 0. The standard InChI is InChI=1S/C28H48N2O/c1-18(2)7-6-8-19(3)23-11-12-24-22-10-9-21-17-20(26(31)30-29)13-15-27(21,4)25(22)14-16-28(23,24)5/h9,18-20,22-25H,6-8,10-17,29H2,1-5H3,(H,30,31)/t19-,20+,22-,23+,24-,25-,27-,28+/m0/s1. The average molecular weight is 429 g/mol. The molecule has 0 bridgehead atoms. The van der Waals surface area contributed by atoms with Gasteiger partial charge in [-0.25, -0.2) is 5.84 Å². The molecule has 176 valence electrons. The zero-order valence-corrected chi connectivity index (χ0v) is 20.9. The van der Waals surface area contributed by atoms with Crippen LogP contribution in [0.4, 0.5) is 0 Å². The molecule has 3 saturated carbocycles. The number of rotatable bonds is 6. The molecule has 3 nitrogen and oxygen atoms in total. The summed E-state index contributed by atoms with van der Waals surface area (Å²) in [5.74, 6) is 10.8. The zero-order chi connectivity index (χ0) is 22.4. The predicted octanol–water partition coefficient (Wildman–Crippen LogP) is 6.63. The molecule has 3 fully saturated rings. The Morgan fingerprint density at radius 1 is 1.10 bits per heavy atom. The van der Waals surface area contributed by atoms with Crippen LogP contribution in [0.1, 0.15) is 105 Å². The highest BCUT2D eigenvalue weighted by Crippen LogP contribution is 2.67. The molecule has 4 aliphatic rings. The number of hydrogen-bond donors (Lipinski definition) is 2. The van der Waals surface area contributed by atoms with Gasteiger partial charge in [0.05, 0.1) is 0 Å². The molecule has 8 atom stereocenters. The fraction of sp³-hybridized carbons (Fsp3) is 0.893. The Bertz CT molecular complexity index is 699. The number of allylic oxidation sites excluding steroid dienone is 2. The summed E-state index contributed by atoms with van der Waals surface area (Å²) >= 11 is 0. The van der Waals surface area contributed by atoms with Crippen LogP contribution in [-0.4, -0.2) is 5.91 Å². The van der Waals surface area contributed by atoms with E-state index in [4.69, 9.17) is 5.84 Å². The summed E-state index contributed by atoms with van der Waals surface area (Å²) in [5, 5.41) is 0. The first-order valence-electron chi connectivity index (χ1n) is 13.4. The van der Waals surface area contributed by atoms with Gasteiger partial charge in [-0.05, 0) is 97.7 Å². The molecule has 4 aliphatic carbocycles. The topological polar surface area (TPSA) is 55.1 Å². The van der Waals surface area contributed by atoms with E-state index in [-0.39, 0.29) is 11.8 Å². The van der Waals surface area contributed by atoms with Crippen molar-refractivity contribution in [3.63, 3.8) is 0 Å². The Hall–Kier alpha value is -0.830. The van der Waals surface area contributed by atoms with Crippen LogP contribution < -0.4 is 11.3 Å². The van der Waals surface area contributed by atoms with Crippen molar-refractivity contribution in [1.29, 1.82) is 0 Å². The molecule has 3 N–H and O–H groups in total. The van der Waals surface area contributed by atoms with Gasteiger partial charge in [-0.15, -0.1) is 0 Å². The molecule has 1 amide bonds. The third-order valence-electron chi connectivity index (χ3n) is 10.8. The van der Waals surface area contributed by atoms with Crippen molar-refractivity contribution in [3.8, 4) is 0 Å². The lowest BCUT2D eigenvalue weighted by Crippen LogP contribution is -2.51. The minimum absolute atomic E-state index is 0.0337. The van der Waals surface area contributed by atoms with Gasteiger partial charge in [0.25, 0.3) is 0 Å². The second-order valence-electron chi connectivity index (χ2n) is 12.7. The normalized spacial score (nSPS) is 42.9. The van der Waals surface area contributed by atoms with Crippen molar-refractivity contribution >= 4 is 5.91 Å². The van der Waals surface area contributed by atoms with Crippen molar-refractivity contribution in [2.75, 3.05) is 0 Å². The fourth-order valence-electron chi connectivity index (χ4n) is 9.03. The van der Waals surface area contributed by atoms with Crippen LogP contribution in [-0.2, 0) is 4.79 Å². The number of nitrogens with one attached hydrogen (secondary N) is 1. The Morgan fingerprint density at radius 3 is 2.58 bits per heavy atom. The maximum atomic E-state index is 12.2. The van der Waals surface area contributed by atoms with Gasteiger partial charge in [0.2, 0.25) is 5.91 Å². The van der Waals surface area contributed by atoms with Gasteiger partial charge in [-0.3, -0.25) is 10.2 Å². The molecule has 31 heavy (non-hydrogen) atoms. The molecule has 0 radical (unpaired) electrons. The number of hydrogen-bond acceptors (Lipinski definition) is 2. The minimum atomic E-state index is 0.0337. The van der Waals surface area contributed by atoms with E-state index < -0.39 is 0 Å². The first-order chi connectivity index (χ1) is 14.7. The van der Waals surface area contributed by atoms with Crippen molar-refractivity contribution < 1.29 is 4.79 Å². The summed E-state index contributed by atoms with van der Waals surface area (Å²) in [6.07, 6.45) is 16.9. The highest BCUT2D eigenvalue weighted by atomic mass is 16.2.